The quantitative estimate of drug-likeness (QED) is 0.523. The van der Waals surface area contributed by atoms with Crippen molar-refractivity contribution in [1.82, 2.24) is 8.87 Å². The molecule has 1 heterocycles. The van der Waals surface area contributed by atoms with Crippen molar-refractivity contribution in [1.29, 1.82) is 0 Å². The first kappa shape index (κ1) is 22.5. The Balaban J connectivity index is 2.08. The Labute approximate surface area is 183 Å². The lowest BCUT2D eigenvalue weighted by atomic mass is 10.1. The molecule has 0 saturated heterocycles. The number of nitrogens with zero attached hydrogens (tertiary/aromatic N) is 3. The van der Waals surface area contributed by atoms with Gasteiger partial charge in [-0.05, 0) is 50.6 Å². The van der Waals surface area contributed by atoms with Crippen molar-refractivity contribution in [3.63, 3.8) is 0 Å². The monoisotopic (exact) mass is 443 g/mol. The van der Waals surface area contributed by atoms with Gasteiger partial charge in [0.05, 0.1) is 16.3 Å². The minimum absolute atomic E-state index is 0.186. The highest BCUT2D eigenvalue weighted by atomic mass is 32.2. The maximum absolute atomic E-state index is 12.8. The van der Waals surface area contributed by atoms with E-state index in [2.05, 4.69) is 30.7 Å². The average molecular weight is 444 g/mol. The third-order valence-electron chi connectivity index (χ3n) is 4.85. The summed E-state index contributed by atoms with van der Waals surface area (Å²) in [7, 11) is -3.46. The average Bonchev–Trinajstić information content (AvgIpc) is 3.13. The van der Waals surface area contributed by atoms with E-state index in [1.54, 1.807) is 23.5 Å². The maximum Gasteiger partial charge on any atom is 0.243 e. The second-order valence-corrected chi connectivity index (χ2v) is 10.7. The van der Waals surface area contributed by atoms with Gasteiger partial charge in [-0.15, -0.1) is 11.3 Å². The molecule has 0 fully saturated rings. The Morgan fingerprint density at radius 1 is 0.967 bits per heavy atom. The van der Waals surface area contributed by atoms with E-state index in [4.69, 9.17) is 4.99 Å². The number of hydrogen-bond donors (Lipinski definition) is 0. The predicted octanol–water partition coefficient (Wildman–Crippen LogP) is 5.23. The fraction of sp³-hybridized carbons (Fsp3) is 0.348. The molecule has 2 aromatic carbocycles. The van der Waals surface area contributed by atoms with Crippen LogP contribution in [-0.4, -0.2) is 30.4 Å². The lowest BCUT2D eigenvalue weighted by Gasteiger charge is -2.24. The van der Waals surface area contributed by atoms with Crippen molar-refractivity contribution in [2.75, 3.05) is 13.1 Å². The van der Waals surface area contributed by atoms with E-state index in [9.17, 15) is 8.42 Å². The summed E-state index contributed by atoms with van der Waals surface area (Å²) in [6.45, 7) is 11.1. The van der Waals surface area contributed by atoms with Crippen LogP contribution in [0.5, 0.6) is 0 Å². The Morgan fingerprint density at radius 3 is 2.10 bits per heavy atom. The SMILES string of the molecule is CCN(CC)S(=O)(=O)c1ccc(-c2csc(=Nc3ccccc3)n2C(C)(C)C)cc1. The fourth-order valence-corrected chi connectivity index (χ4v) is 5.91. The first-order valence-corrected chi connectivity index (χ1v) is 12.4. The molecule has 0 N–H and O–H groups in total. The summed E-state index contributed by atoms with van der Waals surface area (Å²) in [5, 5.41) is 2.08. The van der Waals surface area contributed by atoms with Gasteiger partial charge in [-0.3, -0.25) is 0 Å². The predicted molar refractivity (Wildman–Crippen MR) is 125 cm³/mol. The Kier molecular flexibility index (Phi) is 6.65. The number of sulfonamides is 1. The molecule has 0 aliphatic rings. The second-order valence-electron chi connectivity index (χ2n) is 7.97. The number of aromatic nitrogens is 1. The molecule has 0 aliphatic carbocycles. The number of thiazole rings is 1. The smallest absolute Gasteiger partial charge is 0.243 e. The molecule has 0 spiro atoms. The van der Waals surface area contributed by atoms with Gasteiger partial charge in [-0.1, -0.05) is 44.2 Å². The molecule has 3 rings (SSSR count). The van der Waals surface area contributed by atoms with Crippen LogP contribution in [0.4, 0.5) is 5.69 Å². The molecule has 30 heavy (non-hydrogen) atoms. The lowest BCUT2D eigenvalue weighted by Crippen LogP contribution is -2.31. The zero-order valence-corrected chi connectivity index (χ0v) is 19.8. The number of rotatable bonds is 6. The standard InChI is InChI=1S/C23H29N3O2S2/c1-6-25(7-2)30(27,28)20-15-13-18(14-16-20)21-17-29-22(26(21)23(3,4)5)24-19-11-9-8-10-12-19/h8-17H,6-7H2,1-5H3. The minimum Gasteiger partial charge on any atom is -0.311 e. The van der Waals surface area contributed by atoms with Crippen molar-refractivity contribution < 1.29 is 8.42 Å². The number of hydrogen-bond acceptors (Lipinski definition) is 4. The molecule has 160 valence electrons. The van der Waals surface area contributed by atoms with Gasteiger partial charge >= 0.3 is 0 Å². The topological polar surface area (TPSA) is 54.7 Å². The van der Waals surface area contributed by atoms with Gasteiger partial charge in [0.15, 0.2) is 4.80 Å². The van der Waals surface area contributed by atoms with Crippen molar-refractivity contribution in [2.24, 2.45) is 4.99 Å². The first-order chi connectivity index (χ1) is 14.2. The van der Waals surface area contributed by atoms with Crippen LogP contribution in [0.3, 0.4) is 0 Å². The van der Waals surface area contributed by atoms with Crippen LogP contribution in [-0.2, 0) is 15.6 Å². The molecule has 0 bridgehead atoms. The van der Waals surface area contributed by atoms with E-state index >= 15 is 0 Å². The molecule has 3 aromatic rings. The molecular formula is C23H29N3O2S2. The van der Waals surface area contributed by atoms with Gasteiger partial charge < -0.3 is 4.57 Å². The van der Waals surface area contributed by atoms with Gasteiger partial charge in [-0.25, -0.2) is 13.4 Å². The summed E-state index contributed by atoms with van der Waals surface area (Å²) in [5.41, 5.74) is 2.71. The van der Waals surface area contributed by atoms with Gasteiger partial charge in [0.25, 0.3) is 0 Å². The van der Waals surface area contributed by atoms with E-state index in [0.717, 1.165) is 21.7 Å². The van der Waals surface area contributed by atoms with Crippen LogP contribution in [0.2, 0.25) is 0 Å². The Hall–Kier alpha value is -2.22. The highest BCUT2D eigenvalue weighted by Crippen LogP contribution is 2.28. The van der Waals surface area contributed by atoms with E-state index in [1.165, 1.54) is 4.31 Å². The zero-order chi connectivity index (χ0) is 21.9. The largest absolute Gasteiger partial charge is 0.311 e. The van der Waals surface area contributed by atoms with Crippen LogP contribution in [0, 0.1) is 0 Å². The second kappa shape index (κ2) is 8.88. The molecule has 0 unspecified atom stereocenters. The minimum atomic E-state index is -3.46. The summed E-state index contributed by atoms with van der Waals surface area (Å²) in [4.78, 5) is 6.06. The molecule has 5 nitrogen and oxygen atoms in total. The maximum atomic E-state index is 12.8. The molecular weight excluding hydrogens is 414 g/mol. The van der Waals surface area contributed by atoms with Gasteiger partial charge in [0.2, 0.25) is 10.0 Å². The summed E-state index contributed by atoms with van der Waals surface area (Å²) in [6.07, 6.45) is 0. The van der Waals surface area contributed by atoms with Crippen molar-refractivity contribution in [3.8, 4) is 11.3 Å². The Morgan fingerprint density at radius 2 is 1.57 bits per heavy atom. The van der Waals surface area contributed by atoms with E-state index in [-0.39, 0.29) is 5.54 Å². The van der Waals surface area contributed by atoms with Crippen molar-refractivity contribution >= 4 is 27.0 Å². The van der Waals surface area contributed by atoms with Crippen LogP contribution < -0.4 is 4.80 Å². The summed E-state index contributed by atoms with van der Waals surface area (Å²) >= 11 is 1.58. The normalized spacial score (nSPS) is 13.2. The molecule has 0 aliphatic heterocycles. The molecule has 0 atom stereocenters. The van der Waals surface area contributed by atoms with Crippen LogP contribution in [0.25, 0.3) is 11.3 Å². The van der Waals surface area contributed by atoms with E-state index < -0.39 is 10.0 Å². The lowest BCUT2D eigenvalue weighted by molar-refractivity contribution is 0.392. The van der Waals surface area contributed by atoms with Gasteiger partial charge in [0, 0.05) is 24.0 Å². The third kappa shape index (κ3) is 4.58. The highest BCUT2D eigenvalue weighted by Gasteiger charge is 2.23. The van der Waals surface area contributed by atoms with Crippen molar-refractivity contribution in [2.45, 2.75) is 45.1 Å². The van der Waals surface area contributed by atoms with Crippen LogP contribution in [0.15, 0.2) is 69.9 Å². The summed E-state index contributed by atoms with van der Waals surface area (Å²) in [6, 6.07) is 17.1. The summed E-state index contributed by atoms with van der Waals surface area (Å²) < 4.78 is 29.2. The summed E-state index contributed by atoms with van der Waals surface area (Å²) in [5.74, 6) is 0. The van der Waals surface area contributed by atoms with Crippen LogP contribution in [0.1, 0.15) is 34.6 Å². The molecule has 0 amide bonds. The number of para-hydroxylation sites is 1. The highest BCUT2D eigenvalue weighted by molar-refractivity contribution is 7.89. The number of benzene rings is 2. The fourth-order valence-electron chi connectivity index (χ4n) is 3.36. The molecule has 0 saturated carbocycles. The van der Waals surface area contributed by atoms with E-state index in [1.807, 2.05) is 56.3 Å². The Bertz CT molecular complexity index is 1150. The van der Waals surface area contributed by atoms with Gasteiger partial charge in [-0.2, -0.15) is 4.31 Å². The third-order valence-corrected chi connectivity index (χ3v) is 7.74. The van der Waals surface area contributed by atoms with Crippen LogP contribution >= 0.6 is 11.3 Å². The molecule has 7 heteroatoms. The first-order valence-electron chi connectivity index (χ1n) is 10.1. The molecule has 1 aromatic heterocycles. The van der Waals surface area contributed by atoms with Gasteiger partial charge in [0.1, 0.15) is 0 Å². The molecule has 0 radical (unpaired) electrons. The van der Waals surface area contributed by atoms with E-state index in [0.29, 0.717) is 18.0 Å². The van der Waals surface area contributed by atoms with Crippen molar-refractivity contribution in [3.05, 3.63) is 64.8 Å². The zero-order valence-electron chi connectivity index (χ0n) is 18.2.